The van der Waals surface area contributed by atoms with Gasteiger partial charge in [0, 0.05) is 24.7 Å². The Bertz CT molecular complexity index is 620. The summed E-state index contributed by atoms with van der Waals surface area (Å²) in [5.41, 5.74) is -0.705. The Hall–Kier alpha value is -1.03. The van der Waals surface area contributed by atoms with Gasteiger partial charge in [0.25, 0.3) is 0 Å². The minimum Gasteiger partial charge on any atom is -0.478 e. The normalized spacial score (nSPS) is 11.6. The fourth-order valence-corrected chi connectivity index (χ4v) is 3.38. The minimum atomic E-state index is -4.12. The van der Waals surface area contributed by atoms with Crippen LogP contribution in [0.15, 0.2) is 21.5 Å². The number of carboxylic acids is 1. The molecule has 0 saturated carbocycles. The molecule has 1 aromatic rings. The maximum atomic E-state index is 14.0. The van der Waals surface area contributed by atoms with Gasteiger partial charge in [-0.15, -0.1) is 0 Å². The van der Waals surface area contributed by atoms with Gasteiger partial charge in [-0.1, -0.05) is 15.9 Å². The standard InChI is InChI=1S/C12H15BrFNO5S/c1-20-5-3-2-4-15-21(18,19)10-7-8(13)6-9(11(10)14)12(16)17/h6-7,15H,2-5H2,1H3,(H,16,17). The molecule has 0 spiro atoms. The van der Waals surface area contributed by atoms with E-state index in [1.54, 1.807) is 0 Å². The van der Waals surface area contributed by atoms with Crippen molar-refractivity contribution in [3.8, 4) is 0 Å². The van der Waals surface area contributed by atoms with E-state index in [9.17, 15) is 17.6 Å². The molecule has 0 aliphatic heterocycles. The van der Waals surface area contributed by atoms with Gasteiger partial charge in [-0.3, -0.25) is 0 Å². The summed E-state index contributed by atoms with van der Waals surface area (Å²) in [4.78, 5) is 10.2. The summed E-state index contributed by atoms with van der Waals surface area (Å²) in [6, 6.07) is 2.04. The molecule has 0 saturated heterocycles. The zero-order valence-corrected chi connectivity index (χ0v) is 13.6. The lowest BCUT2D eigenvalue weighted by Crippen LogP contribution is -2.26. The highest BCUT2D eigenvalue weighted by molar-refractivity contribution is 9.10. The van der Waals surface area contributed by atoms with Crippen LogP contribution in [0.4, 0.5) is 4.39 Å². The van der Waals surface area contributed by atoms with Crippen LogP contribution in [-0.4, -0.2) is 39.8 Å². The predicted octanol–water partition coefficient (Wildman–Crippen LogP) is 1.99. The fraction of sp³-hybridized carbons (Fsp3) is 0.417. The SMILES string of the molecule is COCCCCNS(=O)(=O)c1cc(Br)cc(C(=O)O)c1F. The van der Waals surface area contributed by atoms with E-state index in [2.05, 4.69) is 20.7 Å². The Morgan fingerprint density at radius 1 is 1.43 bits per heavy atom. The quantitative estimate of drug-likeness (QED) is 0.669. The van der Waals surface area contributed by atoms with Crippen molar-refractivity contribution in [1.29, 1.82) is 0 Å². The van der Waals surface area contributed by atoms with E-state index in [1.807, 2.05) is 0 Å². The smallest absolute Gasteiger partial charge is 0.338 e. The number of aromatic carboxylic acids is 1. The number of carbonyl (C=O) groups is 1. The second-order valence-electron chi connectivity index (χ2n) is 4.17. The molecule has 0 amide bonds. The van der Waals surface area contributed by atoms with E-state index >= 15 is 0 Å². The number of hydrogen-bond donors (Lipinski definition) is 2. The van der Waals surface area contributed by atoms with Crippen molar-refractivity contribution in [1.82, 2.24) is 4.72 Å². The summed E-state index contributed by atoms with van der Waals surface area (Å²) in [5.74, 6) is -2.82. The van der Waals surface area contributed by atoms with E-state index in [0.717, 1.165) is 12.1 Å². The van der Waals surface area contributed by atoms with E-state index in [-0.39, 0.29) is 11.0 Å². The van der Waals surface area contributed by atoms with Crippen LogP contribution in [-0.2, 0) is 14.8 Å². The summed E-state index contributed by atoms with van der Waals surface area (Å²) in [6.07, 6.45) is 1.18. The summed E-state index contributed by atoms with van der Waals surface area (Å²) < 4.78 is 45.2. The molecule has 0 aliphatic carbocycles. The molecule has 1 rings (SSSR count). The molecule has 0 aliphatic rings. The average Bonchev–Trinajstić information content (AvgIpc) is 2.40. The van der Waals surface area contributed by atoms with Crippen molar-refractivity contribution in [3.63, 3.8) is 0 Å². The molecule has 0 fully saturated rings. The Kier molecular flexibility index (Phi) is 6.72. The summed E-state index contributed by atoms with van der Waals surface area (Å²) in [7, 11) is -2.58. The zero-order chi connectivity index (χ0) is 16.0. The van der Waals surface area contributed by atoms with Crippen molar-refractivity contribution in [2.24, 2.45) is 0 Å². The number of sulfonamides is 1. The molecular weight excluding hydrogens is 369 g/mol. The van der Waals surface area contributed by atoms with Crippen molar-refractivity contribution >= 4 is 31.9 Å². The van der Waals surface area contributed by atoms with Crippen LogP contribution in [0.3, 0.4) is 0 Å². The number of nitrogens with one attached hydrogen (secondary N) is 1. The third-order valence-electron chi connectivity index (χ3n) is 2.59. The minimum absolute atomic E-state index is 0.111. The Morgan fingerprint density at radius 3 is 2.67 bits per heavy atom. The summed E-state index contributed by atoms with van der Waals surface area (Å²) in [5, 5.41) is 8.86. The molecular formula is C12H15BrFNO5S. The number of rotatable bonds is 8. The van der Waals surface area contributed by atoms with E-state index in [1.165, 1.54) is 7.11 Å². The number of methoxy groups -OCH3 is 1. The largest absolute Gasteiger partial charge is 0.478 e. The van der Waals surface area contributed by atoms with Gasteiger partial charge in [0.1, 0.15) is 4.90 Å². The van der Waals surface area contributed by atoms with Crippen LogP contribution in [0.25, 0.3) is 0 Å². The van der Waals surface area contributed by atoms with Crippen LogP contribution in [0.5, 0.6) is 0 Å². The van der Waals surface area contributed by atoms with E-state index in [4.69, 9.17) is 9.84 Å². The molecule has 0 unspecified atom stereocenters. The number of ether oxygens (including phenoxy) is 1. The first-order valence-corrected chi connectivity index (χ1v) is 8.28. The third kappa shape index (κ3) is 5.03. The molecule has 0 radical (unpaired) electrons. The maximum Gasteiger partial charge on any atom is 0.338 e. The monoisotopic (exact) mass is 383 g/mol. The van der Waals surface area contributed by atoms with Crippen LogP contribution in [0.1, 0.15) is 23.2 Å². The van der Waals surface area contributed by atoms with Crippen LogP contribution < -0.4 is 4.72 Å². The number of carboxylic acid groups (broad SMARTS) is 1. The molecule has 0 bridgehead atoms. The molecule has 0 heterocycles. The molecule has 0 aromatic heterocycles. The van der Waals surface area contributed by atoms with Gasteiger partial charge in [0.2, 0.25) is 10.0 Å². The lowest BCUT2D eigenvalue weighted by molar-refractivity contribution is 0.0691. The van der Waals surface area contributed by atoms with Crippen molar-refractivity contribution in [2.45, 2.75) is 17.7 Å². The van der Waals surface area contributed by atoms with Crippen LogP contribution in [0.2, 0.25) is 0 Å². The van der Waals surface area contributed by atoms with Gasteiger partial charge in [0.05, 0.1) is 5.56 Å². The van der Waals surface area contributed by atoms with Gasteiger partial charge in [-0.2, -0.15) is 0 Å². The first kappa shape index (κ1) is 18.0. The molecule has 0 atom stereocenters. The maximum absolute atomic E-state index is 14.0. The molecule has 1 aromatic carbocycles. The summed E-state index contributed by atoms with van der Waals surface area (Å²) >= 11 is 2.97. The lowest BCUT2D eigenvalue weighted by atomic mass is 10.2. The molecule has 118 valence electrons. The van der Waals surface area contributed by atoms with Crippen LogP contribution >= 0.6 is 15.9 Å². The second-order valence-corrected chi connectivity index (χ2v) is 6.82. The van der Waals surface area contributed by atoms with Crippen LogP contribution in [0, 0.1) is 5.82 Å². The number of unbranched alkanes of at least 4 members (excludes halogenated alkanes) is 1. The predicted molar refractivity (Wildman–Crippen MR) is 77.4 cm³/mol. The molecule has 9 heteroatoms. The highest BCUT2D eigenvalue weighted by Crippen LogP contribution is 2.24. The first-order chi connectivity index (χ1) is 9.79. The molecule has 2 N–H and O–H groups in total. The zero-order valence-electron chi connectivity index (χ0n) is 11.2. The lowest BCUT2D eigenvalue weighted by Gasteiger charge is -2.10. The number of halogens is 2. The highest BCUT2D eigenvalue weighted by atomic mass is 79.9. The molecule has 6 nitrogen and oxygen atoms in total. The molecule has 21 heavy (non-hydrogen) atoms. The highest BCUT2D eigenvalue weighted by Gasteiger charge is 2.24. The average molecular weight is 384 g/mol. The van der Waals surface area contributed by atoms with Crippen molar-refractivity contribution in [2.75, 3.05) is 20.3 Å². The topological polar surface area (TPSA) is 92.7 Å². The first-order valence-electron chi connectivity index (χ1n) is 6.00. The fourth-order valence-electron chi connectivity index (χ4n) is 1.57. The van der Waals surface area contributed by atoms with Gasteiger partial charge in [-0.25, -0.2) is 22.3 Å². The van der Waals surface area contributed by atoms with Crippen molar-refractivity contribution < 1.29 is 27.4 Å². The Labute approximate surface area is 130 Å². The summed E-state index contributed by atoms with van der Waals surface area (Å²) in [6.45, 7) is 0.607. The van der Waals surface area contributed by atoms with Crippen molar-refractivity contribution in [3.05, 3.63) is 28.0 Å². The van der Waals surface area contributed by atoms with Gasteiger partial charge in [0.15, 0.2) is 5.82 Å². The Morgan fingerprint density at radius 2 is 2.10 bits per heavy atom. The van der Waals surface area contributed by atoms with Gasteiger partial charge in [-0.05, 0) is 25.0 Å². The number of hydrogen-bond acceptors (Lipinski definition) is 4. The third-order valence-corrected chi connectivity index (χ3v) is 4.51. The Balaban J connectivity index is 2.95. The van der Waals surface area contributed by atoms with Gasteiger partial charge < -0.3 is 9.84 Å². The van der Waals surface area contributed by atoms with E-state index in [0.29, 0.717) is 19.4 Å². The number of benzene rings is 1. The second kappa shape index (κ2) is 7.83. The van der Waals surface area contributed by atoms with Gasteiger partial charge >= 0.3 is 5.97 Å². The van der Waals surface area contributed by atoms with E-state index < -0.39 is 32.3 Å².